The highest BCUT2D eigenvalue weighted by molar-refractivity contribution is 7.11. The van der Waals surface area contributed by atoms with Crippen LogP contribution in [0.3, 0.4) is 0 Å². The molecule has 1 aromatic heterocycles. The topological polar surface area (TPSA) is 63.2 Å². The molecule has 1 aliphatic carbocycles. The molecular weight excluding hydrogens is 368 g/mol. The van der Waals surface area contributed by atoms with Crippen LogP contribution in [0.15, 0.2) is 17.5 Å². The third-order valence-corrected chi connectivity index (χ3v) is 7.89. The van der Waals surface area contributed by atoms with E-state index in [1.807, 2.05) is 18.4 Å². The average molecular weight is 394 g/mol. The Labute approximate surface area is 163 Å². The van der Waals surface area contributed by atoms with E-state index in [-0.39, 0.29) is 17.8 Å². The van der Waals surface area contributed by atoms with Crippen LogP contribution in [0.25, 0.3) is 0 Å². The first-order valence-corrected chi connectivity index (χ1v) is 10.8. The lowest BCUT2D eigenvalue weighted by molar-refractivity contribution is -0.576. The second-order valence-corrected chi connectivity index (χ2v) is 9.60. The number of ether oxygens (including phenoxy) is 3. The van der Waals surface area contributed by atoms with Crippen LogP contribution < -0.4 is 0 Å². The Balaban J connectivity index is 1.47. The molecule has 148 valence electrons. The van der Waals surface area contributed by atoms with E-state index in [0.717, 1.165) is 25.7 Å². The molecule has 6 rings (SSSR count). The molecule has 7 heteroatoms. The van der Waals surface area contributed by atoms with Crippen molar-refractivity contribution >= 4 is 17.3 Å². The molecule has 0 aromatic carbocycles. The lowest BCUT2D eigenvalue weighted by Crippen LogP contribution is -2.70. The molecule has 5 aliphatic rings. The zero-order valence-corrected chi connectivity index (χ0v) is 16.7. The summed E-state index contributed by atoms with van der Waals surface area (Å²) in [6, 6.07) is 3.61. The SMILES string of the molecule is C[C@H]1[C@H](OC(=O)c2cccs2)O[C@@H]2O[C@@]3(C)CC[C@H]4[C@H](C)CC[C@H]1[C@@]24OO3. The van der Waals surface area contributed by atoms with E-state index in [1.165, 1.54) is 11.3 Å². The first-order chi connectivity index (χ1) is 12.9. The second-order valence-electron chi connectivity index (χ2n) is 8.66. The van der Waals surface area contributed by atoms with Crippen LogP contribution >= 0.6 is 11.3 Å². The maximum Gasteiger partial charge on any atom is 0.350 e. The highest BCUT2D eigenvalue weighted by Crippen LogP contribution is 2.60. The molecular formula is C20H26O6S. The summed E-state index contributed by atoms with van der Waals surface area (Å²) in [4.78, 5) is 25.0. The number of carbonyl (C=O) groups excluding carboxylic acids is 1. The monoisotopic (exact) mass is 394 g/mol. The van der Waals surface area contributed by atoms with Gasteiger partial charge in [-0.05, 0) is 49.5 Å². The minimum atomic E-state index is -0.819. The van der Waals surface area contributed by atoms with Crippen LogP contribution in [0.2, 0.25) is 0 Å². The van der Waals surface area contributed by atoms with Gasteiger partial charge in [0.1, 0.15) is 4.88 Å². The van der Waals surface area contributed by atoms with E-state index in [0.29, 0.717) is 16.7 Å². The van der Waals surface area contributed by atoms with Gasteiger partial charge in [-0.2, -0.15) is 0 Å². The summed E-state index contributed by atoms with van der Waals surface area (Å²) in [6.07, 6.45) is 2.62. The Kier molecular flexibility index (Phi) is 4.19. The van der Waals surface area contributed by atoms with Crippen molar-refractivity contribution in [3.8, 4) is 0 Å². The molecule has 1 aromatic rings. The molecule has 1 saturated carbocycles. The van der Waals surface area contributed by atoms with Crippen LogP contribution in [0, 0.1) is 23.7 Å². The van der Waals surface area contributed by atoms with Gasteiger partial charge in [0.05, 0.1) is 0 Å². The standard InChI is InChI=1S/C20H26O6S/c1-11-6-7-14-12(2)17(22-16(21)15-5-4-10-27-15)23-18-20(14)13(11)8-9-19(3,24-18)25-26-20/h4-5,10-14,17-18H,6-9H2,1-3H3/t11-,12-,13+,14-,17-,18-,19-,20-/m1/s1. The zero-order chi connectivity index (χ0) is 18.8. The molecule has 4 saturated heterocycles. The maximum atomic E-state index is 12.5. The number of carbonyl (C=O) groups is 1. The van der Waals surface area contributed by atoms with Crippen LogP contribution in [0.5, 0.6) is 0 Å². The van der Waals surface area contributed by atoms with Crippen molar-refractivity contribution in [2.24, 2.45) is 23.7 Å². The lowest BCUT2D eigenvalue weighted by atomic mass is 9.58. The maximum absolute atomic E-state index is 12.5. The third kappa shape index (κ3) is 2.63. The lowest BCUT2D eigenvalue weighted by Gasteiger charge is -2.59. The number of hydrogen-bond donors (Lipinski definition) is 0. The third-order valence-electron chi connectivity index (χ3n) is 7.04. The zero-order valence-electron chi connectivity index (χ0n) is 15.9. The van der Waals surface area contributed by atoms with Crippen molar-refractivity contribution in [1.29, 1.82) is 0 Å². The Morgan fingerprint density at radius 2 is 2.07 bits per heavy atom. The van der Waals surface area contributed by atoms with E-state index >= 15 is 0 Å². The molecule has 0 N–H and O–H groups in total. The van der Waals surface area contributed by atoms with Crippen molar-refractivity contribution in [3.63, 3.8) is 0 Å². The van der Waals surface area contributed by atoms with Crippen LogP contribution in [-0.4, -0.2) is 29.9 Å². The van der Waals surface area contributed by atoms with Gasteiger partial charge in [-0.15, -0.1) is 11.3 Å². The fraction of sp³-hybridized carbons (Fsp3) is 0.750. The number of esters is 1. The molecule has 5 fully saturated rings. The molecule has 0 amide bonds. The molecule has 27 heavy (non-hydrogen) atoms. The van der Waals surface area contributed by atoms with Gasteiger partial charge >= 0.3 is 5.97 Å². The summed E-state index contributed by atoms with van der Waals surface area (Å²) in [5, 5.41) is 1.86. The van der Waals surface area contributed by atoms with Gasteiger partial charge in [0.15, 0.2) is 11.9 Å². The quantitative estimate of drug-likeness (QED) is 0.556. The van der Waals surface area contributed by atoms with Gasteiger partial charge in [0.25, 0.3) is 0 Å². The van der Waals surface area contributed by atoms with Crippen LogP contribution in [0.4, 0.5) is 0 Å². The largest absolute Gasteiger partial charge is 0.431 e. The van der Waals surface area contributed by atoms with E-state index in [9.17, 15) is 4.79 Å². The summed E-state index contributed by atoms with van der Waals surface area (Å²) < 4.78 is 18.3. The van der Waals surface area contributed by atoms with Crippen molar-refractivity contribution in [2.45, 2.75) is 70.4 Å². The minimum Gasteiger partial charge on any atom is -0.431 e. The predicted molar refractivity (Wildman–Crippen MR) is 96.6 cm³/mol. The molecule has 6 nitrogen and oxygen atoms in total. The van der Waals surface area contributed by atoms with Crippen LogP contribution in [0.1, 0.15) is 56.1 Å². The molecule has 4 aliphatic heterocycles. The fourth-order valence-electron chi connectivity index (χ4n) is 5.56. The smallest absolute Gasteiger partial charge is 0.350 e. The average Bonchev–Trinajstić information content (AvgIpc) is 3.09. The second kappa shape index (κ2) is 6.26. The first-order valence-electron chi connectivity index (χ1n) is 9.87. The van der Waals surface area contributed by atoms with Gasteiger partial charge < -0.3 is 14.2 Å². The van der Waals surface area contributed by atoms with Crippen molar-refractivity contribution in [2.75, 3.05) is 0 Å². The predicted octanol–water partition coefficient (Wildman–Crippen LogP) is 4.11. The normalized spacial score (nSPS) is 48.6. The Hall–Kier alpha value is -0.990. The fourth-order valence-corrected chi connectivity index (χ4v) is 6.17. The number of fused-ring (bicyclic) bond motifs is 2. The van der Waals surface area contributed by atoms with Crippen molar-refractivity contribution in [3.05, 3.63) is 22.4 Å². The van der Waals surface area contributed by atoms with E-state index in [2.05, 4.69) is 13.8 Å². The van der Waals surface area contributed by atoms with E-state index in [1.54, 1.807) is 6.07 Å². The Morgan fingerprint density at radius 3 is 2.85 bits per heavy atom. The van der Waals surface area contributed by atoms with Gasteiger partial charge in [-0.25, -0.2) is 14.6 Å². The number of thiophene rings is 1. The van der Waals surface area contributed by atoms with Gasteiger partial charge in [-0.1, -0.05) is 19.9 Å². The summed E-state index contributed by atoms with van der Waals surface area (Å²) in [6.45, 7) is 6.26. The molecule has 2 bridgehead atoms. The molecule has 1 spiro atoms. The van der Waals surface area contributed by atoms with Gasteiger partial charge in [0, 0.05) is 18.3 Å². The van der Waals surface area contributed by atoms with Crippen molar-refractivity contribution in [1.82, 2.24) is 0 Å². The summed E-state index contributed by atoms with van der Waals surface area (Å²) in [7, 11) is 0. The highest BCUT2D eigenvalue weighted by Gasteiger charge is 2.69. The minimum absolute atomic E-state index is 0.00480. The van der Waals surface area contributed by atoms with E-state index < -0.39 is 24.0 Å². The molecule has 5 heterocycles. The Bertz CT molecular complexity index is 722. The van der Waals surface area contributed by atoms with E-state index in [4.69, 9.17) is 24.0 Å². The van der Waals surface area contributed by atoms with Crippen LogP contribution in [-0.2, 0) is 24.0 Å². The first kappa shape index (κ1) is 18.1. The number of hydrogen-bond acceptors (Lipinski definition) is 7. The van der Waals surface area contributed by atoms with Gasteiger partial charge in [-0.3, -0.25) is 0 Å². The molecule has 0 radical (unpaired) electrons. The summed E-state index contributed by atoms with van der Waals surface area (Å²) in [5.41, 5.74) is -0.626. The Morgan fingerprint density at radius 1 is 1.22 bits per heavy atom. The van der Waals surface area contributed by atoms with Gasteiger partial charge in [0.2, 0.25) is 12.1 Å². The van der Waals surface area contributed by atoms with Crippen molar-refractivity contribution < 1.29 is 28.8 Å². The molecule has 0 unspecified atom stereocenters. The number of rotatable bonds is 2. The summed E-state index contributed by atoms with van der Waals surface area (Å²) >= 11 is 1.37. The summed E-state index contributed by atoms with van der Waals surface area (Å²) in [5.74, 6) is -0.198. The highest BCUT2D eigenvalue weighted by atomic mass is 32.1. The molecule has 8 atom stereocenters.